The van der Waals surface area contributed by atoms with Crippen LogP contribution in [-0.4, -0.2) is 35.9 Å². The molecule has 2 amide bonds. The summed E-state index contributed by atoms with van der Waals surface area (Å²) < 4.78 is 5.78. The molecule has 5 nitrogen and oxygen atoms in total. The molecule has 6 heteroatoms. The summed E-state index contributed by atoms with van der Waals surface area (Å²) >= 11 is 6.23. The van der Waals surface area contributed by atoms with Gasteiger partial charge in [0.15, 0.2) is 6.61 Å². The lowest BCUT2D eigenvalue weighted by Gasteiger charge is -2.31. The SMILES string of the molecule is O=C(NCCc1ccccc1)[C@@H](Cc1ccccc1)N(Cc1ccccc1)C(=O)COc1ccccc1Cl. The number of benzene rings is 4. The first-order chi connectivity index (χ1) is 18.6. The van der Waals surface area contributed by atoms with Gasteiger partial charge in [-0.15, -0.1) is 0 Å². The van der Waals surface area contributed by atoms with E-state index in [0.29, 0.717) is 30.2 Å². The molecule has 0 aromatic heterocycles. The lowest BCUT2D eigenvalue weighted by atomic mass is 10.0. The second-order valence-electron chi connectivity index (χ2n) is 8.96. The van der Waals surface area contributed by atoms with Gasteiger partial charge in [-0.3, -0.25) is 9.59 Å². The number of carbonyl (C=O) groups excluding carboxylic acids is 2. The maximum Gasteiger partial charge on any atom is 0.261 e. The predicted molar refractivity (Wildman–Crippen MR) is 151 cm³/mol. The van der Waals surface area contributed by atoms with Gasteiger partial charge >= 0.3 is 0 Å². The molecule has 0 aliphatic rings. The molecule has 1 N–H and O–H groups in total. The van der Waals surface area contributed by atoms with Crippen LogP contribution in [0.15, 0.2) is 115 Å². The molecule has 0 heterocycles. The highest BCUT2D eigenvalue weighted by Crippen LogP contribution is 2.23. The minimum Gasteiger partial charge on any atom is -0.482 e. The van der Waals surface area contributed by atoms with Crippen molar-refractivity contribution < 1.29 is 14.3 Å². The van der Waals surface area contributed by atoms with Gasteiger partial charge in [-0.2, -0.15) is 0 Å². The van der Waals surface area contributed by atoms with Crippen LogP contribution in [-0.2, 0) is 29.0 Å². The number of amides is 2. The molecule has 0 saturated carbocycles. The molecule has 0 unspecified atom stereocenters. The summed E-state index contributed by atoms with van der Waals surface area (Å²) in [5.74, 6) is -0.0752. The standard InChI is InChI=1S/C32H31ClN2O3/c33-28-18-10-11-19-30(28)38-24-31(36)35(23-27-16-8-3-9-17-27)29(22-26-14-6-2-7-15-26)32(37)34-21-20-25-12-4-1-5-13-25/h1-19,29H,20-24H2,(H,34,37)/t29-/m1/s1. The van der Waals surface area contributed by atoms with Crippen LogP contribution in [0.3, 0.4) is 0 Å². The lowest BCUT2D eigenvalue weighted by Crippen LogP contribution is -2.52. The number of ether oxygens (including phenoxy) is 1. The Labute approximate surface area is 229 Å². The summed E-state index contributed by atoms with van der Waals surface area (Å²) in [6.07, 6.45) is 1.08. The normalized spacial score (nSPS) is 11.4. The number of hydrogen-bond donors (Lipinski definition) is 1. The molecular formula is C32H31ClN2O3. The van der Waals surface area contributed by atoms with Crippen LogP contribution < -0.4 is 10.1 Å². The molecule has 0 radical (unpaired) electrons. The van der Waals surface area contributed by atoms with Gasteiger partial charge in [0.25, 0.3) is 5.91 Å². The zero-order valence-electron chi connectivity index (χ0n) is 21.1. The minimum absolute atomic E-state index is 0.202. The topological polar surface area (TPSA) is 58.6 Å². The van der Waals surface area contributed by atoms with E-state index in [0.717, 1.165) is 16.7 Å². The van der Waals surface area contributed by atoms with Gasteiger partial charge in [-0.25, -0.2) is 0 Å². The summed E-state index contributed by atoms with van der Waals surface area (Å²) in [4.78, 5) is 28.9. The van der Waals surface area contributed by atoms with Crippen LogP contribution in [0.1, 0.15) is 16.7 Å². The van der Waals surface area contributed by atoms with E-state index >= 15 is 0 Å². The third-order valence-corrected chi connectivity index (χ3v) is 6.52. The van der Waals surface area contributed by atoms with Crippen LogP contribution in [0.2, 0.25) is 5.02 Å². The third-order valence-electron chi connectivity index (χ3n) is 6.21. The highest BCUT2D eigenvalue weighted by atomic mass is 35.5. The summed E-state index contributed by atoms with van der Waals surface area (Å²) in [6, 6.07) is 35.7. The molecule has 4 rings (SSSR count). The monoisotopic (exact) mass is 526 g/mol. The number of nitrogens with zero attached hydrogens (tertiary/aromatic N) is 1. The van der Waals surface area contributed by atoms with Crippen molar-refractivity contribution in [1.29, 1.82) is 0 Å². The number of para-hydroxylation sites is 1. The summed E-state index contributed by atoms with van der Waals surface area (Å²) in [5.41, 5.74) is 3.03. The zero-order valence-corrected chi connectivity index (χ0v) is 21.9. The van der Waals surface area contributed by atoms with Crippen molar-refractivity contribution in [1.82, 2.24) is 10.2 Å². The van der Waals surface area contributed by atoms with E-state index < -0.39 is 6.04 Å². The zero-order chi connectivity index (χ0) is 26.6. The molecule has 4 aromatic rings. The van der Waals surface area contributed by atoms with E-state index in [1.54, 1.807) is 29.2 Å². The molecule has 194 valence electrons. The molecular weight excluding hydrogens is 496 g/mol. The molecule has 38 heavy (non-hydrogen) atoms. The first-order valence-electron chi connectivity index (χ1n) is 12.7. The maximum atomic E-state index is 13.6. The van der Waals surface area contributed by atoms with E-state index in [2.05, 4.69) is 5.32 Å². The Hall–Kier alpha value is -4.09. The Kier molecular flexibility index (Phi) is 9.94. The van der Waals surface area contributed by atoms with E-state index in [1.165, 1.54) is 0 Å². The summed E-state index contributed by atoms with van der Waals surface area (Å²) in [6.45, 7) is 0.506. The number of nitrogens with one attached hydrogen (secondary N) is 1. The summed E-state index contributed by atoms with van der Waals surface area (Å²) in [7, 11) is 0. The van der Waals surface area contributed by atoms with Crippen LogP contribution in [0.4, 0.5) is 0 Å². The largest absolute Gasteiger partial charge is 0.482 e. The van der Waals surface area contributed by atoms with E-state index in [4.69, 9.17) is 16.3 Å². The first-order valence-corrected chi connectivity index (χ1v) is 13.0. The molecule has 0 bridgehead atoms. The maximum absolute atomic E-state index is 13.6. The molecule has 0 aliphatic heterocycles. The predicted octanol–water partition coefficient (Wildman–Crippen LogP) is 5.72. The molecule has 0 saturated heterocycles. The second-order valence-corrected chi connectivity index (χ2v) is 9.37. The quantitative estimate of drug-likeness (QED) is 0.257. The lowest BCUT2D eigenvalue weighted by molar-refractivity contribution is -0.142. The van der Waals surface area contributed by atoms with Gasteiger partial charge in [0.1, 0.15) is 11.8 Å². The molecule has 1 atom stereocenters. The molecule has 0 fully saturated rings. The van der Waals surface area contributed by atoms with E-state index in [-0.39, 0.29) is 25.0 Å². The van der Waals surface area contributed by atoms with Crippen LogP contribution in [0, 0.1) is 0 Å². The van der Waals surface area contributed by atoms with Crippen molar-refractivity contribution in [2.24, 2.45) is 0 Å². The third kappa shape index (κ3) is 7.95. The Bertz CT molecular complexity index is 1300. The highest BCUT2D eigenvalue weighted by molar-refractivity contribution is 6.32. The summed E-state index contributed by atoms with van der Waals surface area (Å²) in [5, 5.41) is 3.49. The number of hydrogen-bond acceptors (Lipinski definition) is 3. The van der Waals surface area contributed by atoms with Crippen molar-refractivity contribution >= 4 is 23.4 Å². The van der Waals surface area contributed by atoms with E-state index in [9.17, 15) is 9.59 Å². The van der Waals surface area contributed by atoms with Crippen molar-refractivity contribution in [2.45, 2.75) is 25.4 Å². The minimum atomic E-state index is -0.726. The van der Waals surface area contributed by atoms with Gasteiger partial charge in [-0.05, 0) is 35.2 Å². The Morgan fingerprint density at radius 2 is 1.29 bits per heavy atom. The Morgan fingerprint density at radius 3 is 1.92 bits per heavy atom. The van der Waals surface area contributed by atoms with Crippen molar-refractivity contribution in [3.8, 4) is 5.75 Å². The van der Waals surface area contributed by atoms with Gasteiger partial charge in [-0.1, -0.05) is 115 Å². The Balaban J connectivity index is 1.56. The first kappa shape index (κ1) is 27.0. The highest BCUT2D eigenvalue weighted by Gasteiger charge is 2.30. The van der Waals surface area contributed by atoms with Gasteiger partial charge < -0.3 is 15.0 Å². The van der Waals surface area contributed by atoms with Gasteiger partial charge in [0.05, 0.1) is 5.02 Å². The van der Waals surface area contributed by atoms with Crippen molar-refractivity contribution in [3.63, 3.8) is 0 Å². The van der Waals surface area contributed by atoms with Crippen LogP contribution in [0.5, 0.6) is 5.75 Å². The molecule has 4 aromatic carbocycles. The number of halogens is 1. The van der Waals surface area contributed by atoms with Crippen molar-refractivity contribution in [2.75, 3.05) is 13.2 Å². The van der Waals surface area contributed by atoms with Crippen molar-refractivity contribution in [3.05, 3.63) is 137 Å². The van der Waals surface area contributed by atoms with Gasteiger partial charge in [0, 0.05) is 19.5 Å². The van der Waals surface area contributed by atoms with Gasteiger partial charge in [0.2, 0.25) is 5.91 Å². The smallest absolute Gasteiger partial charge is 0.261 e. The Morgan fingerprint density at radius 1 is 0.737 bits per heavy atom. The fourth-order valence-corrected chi connectivity index (χ4v) is 4.40. The number of carbonyl (C=O) groups is 2. The van der Waals surface area contributed by atoms with Crippen LogP contribution in [0.25, 0.3) is 0 Å². The molecule has 0 aliphatic carbocycles. The fourth-order valence-electron chi connectivity index (χ4n) is 4.21. The van der Waals surface area contributed by atoms with E-state index in [1.807, 2.05) is 91.0 Å². The number of rotatable bonds is 12. The second kappa shape index (κ2) is 14.0. The molecule has 0 spiro atoms. The average Bonchev–Trinajstić information content (AvgIpc) is 2.96. The van der Waals surface area contributed by atoms with Crippen LogP contribution >= 0.6 is 11.6 Å². The fraction of sp³-hybridized carbons (Fsp3) is 0.188. The average molecular weight is 527 g/mol.